The lowest BCUT2D eigenvalue weighted by atomic mass is 10.1. The number of benzene rings is 1. The molecular weight excluding hydrogens is 362 g/mol. The summed E-state index contributed by atoms with van der Waals surface area (Å²) in [6.07, 6.45) is 2.86. The van der Waals surface area contributed by atoms with Crippen LogP contribution in [-0.2, 0) is 21.4 Å². The number of aryl methyl sites for hydroxylation is 3. The quantitative estimate of drug-likeness (QED) is 0.855. The van der Waals surface area contributed by atoms with Gasteiger partial charge in [-0.25, -0.2) is 8.42 Å². The first-order valence-corrected chi connectivity index (χ1v) is 10.5. The second-order valence-electron chi connectivity index (χ2n) is 7.04. The van der Waals surface area contributed by atoms with Gasteiger partial charge < -0.3 is 5.32 Å². The summed E-state index contributed by atoms with van der Waals surface area (Å²) < 4.78 is 28.0. The number of hydrogen-bond acceptors (Lipinski definition) is 4. The van der Waals surface area contributed by atoms with Crippen LogP contribution in [0.5, 0.6) is 0 Å². The molecule has 1 aliphatic heterocycles. The van der Waals surface area contributed by atoms with Gasteiger partial charge in [-0.15, -0.1) is 0 Å². The zero-order valence-electron chi connectivity index (χ0n) is 15.9. The summed E-state index contributed by atoms with van der Waals surface area (Å²) >= 11 is 0. The van der Waals surface area contributed by atoms with Crippen LogP contribution in [0.2, 0.25) is 0 Å². The average Bonchev–Trinajstić information content (AvgIpc) is 3.10. The topological polar surface area (TPSA) is 79.4 Å². The van der Waals surface area contributed by atoms with E-state index >= 15 is 0 Å². The van der Waals surface area contributed by atoms with Crippen molar-refractivity contribution in [3.05, 3.63) is 58.9 Å². The highest BCUT2D eigenvalue weighted by Gasteiger charge is 2.40. The summed E-state index contributed by atoms with van der Waals surface area (Å²) in [5.41, 5.74) is 3.19. The molecule has 1 saturated heterocycles. The standard InChI is InChI=1S/C20H25N3O3S/c1-14-11-15(2)19(16(3)12-14)27(25,26)23-10-6-8-18(23)20(24)22-13-17-7-4-5-9-21-17/h4-5,7,9,11-12,18H,6,8,10,13H2,1-3H3,(H,22,24). The van der Waals surface area contributed by atoms with Crippen molar-refractivity contribution in [1.29, 1.82) is 0 Å². The second kappa shape index (κ2) is 7.78. The molecule has 1 N–H and O–H groups in total. The van der Waals surface area contributed by atoms with E-state index in [1.165, 1.54) is 4.31 Å². The van der Waals surface area contributed by atoms with E-state index in [2.05, 4.69) is 10.3 Å². The van der Waals surface area contributed by atoms with E-state index in [0.717, 1.165) is 11.3 Å². The maximum atomic E-state index is 13.3. The van der Waals surface area contributed by atoms with Gasteiger partial charge in [-0.05, 0) is 56.9 Å². The van der Waals surface area contributed by atoms with E-state index in [4.69, 9.17) is 0 Å². The minimum atomic E-state index is -3.74. The third-order valence-electron chi connectivity index (χ3n) is 4.85. The number of carbonyl (C=O) groups excluding carboxylic acids is 1. The molecule has 3 rings (SSSR count). The Labute approximate surface area is 160 Å². The maximum Gasteiger partial charge on any atom is 0.244 e. The molecule has 2 heterocycles. The summed E-state index contributed by atoms with van der Waals surface area (Å²) in [5, 5.41) is 2.83. The monoisotopic (exact) mass is 387 g/mol. The molecule has 0 radical (unpaired) electrons. The number of rotatable bonds is 5. The summed E-state index contributed by atoms with van der Waals surface area (Å²) in [6.45, 7) is 6.20. The van der Waals surface area contributed by atoms with Crippen molar-refractivity contribution in [3.8, 4) is 0 Å². The Morgan fingerprint density at radius 1 is 1.22 bits per heavy atom. The first kappa shape index (κ1) is 19.5. The Morgan fingerprint density at radius 2 is 1.93 bits per heavy atom. The molecule has 1 aromatic carbocycles. The minimum absolute atomic E-state index is 0.274. The molecule has 1 amide bonds. The van der Waals surface area contributed by atoms with Crippen LogP contribution in [0, 0.1) is 20.8 Å². The zero-order chi connectivity index (χ0) is 19.6. The normalized spacial score (nSPS) is 17.8. The number of sulfonamides is 1. The second-order valence-corrected chi connectivity index (χ2v) is 8.87. The molecular formula is C20H25N3O3S. The lowest BCUT2D eigenvalue weighted by Gasteiger charge is -2.25. The molecule has 27 heavy (non-hydrogen) atoms. The number of nitrogens with one attached hydrogen (secondary N) is 1. The Balaban J connectivity index is 1.82. The Bertz CT molecular complexity index is 919. The third-order valence-corrected chi connectivity index (χ3v) is 7.06. The highest BCUT2D eigenvalue weighted by Crippen LogP contribution is 2.30. The van der Waals surface area contributed by atoms with Crippen LogP contribution in [0.4, 0.5) is 0 Å². The van der Waals surface area contributed by atoms with Crippen molar-refractivity contribution in [2.24, 2.45) is 0 Å². The lowest BCUT2D eigenvalue weighted by Crippen LogP contribution is -2.46. The molecule has 1 unspecified atom stereocenters. The SMILES string of the molecule is Cc1cc(C)c(S(=O)(=O)N2CCCC2C(=O)NCc2ccccn2)c(C)c1. The number of nitrogens with zero attached hydrogens (tertiary/aromatic N) is 2. The van der Waals surface area contributed by atoms with E-state index < -0.39 is 16.1 Å². The fourth-order valence-corrected chi connectivity index (χ4v) is 5.85. The van der Waals surface area contributed by atoms with Crippen molar-refractivity contribution < 1.29 is 13.2 Å². The maximum absolute atomic E-state index is 13.3. The predicted octanol–water partition coefficient (Wildman–Crippen LogP) is 2.48. The first-order valence-electron chi connectivity index (χ1n) is 9.08. The predicted molar refractivity (Wildman–Crippen MR) is 104 cm³/mol. The highest BCUT2D eigenvalue weighted by molar-refractivity contribution is 7.89. The van der Waals surface area contributed by atoms with Crippen LogP contribution in [0.25, 0.3) is 0 Å². The average molecular weight is 388 g/mol. The minimum Gasteiger partial charge on any atom is -0.349 e. The molecule has 2 aromatic rings. The fourth-order valence-electron chi connectivity index (χ4n) is 3.78. The van der Waals surface area contributed by atoms with Gasteiger partial charge in [0, 0.05) is 12.7 Å². The molecule has 0 spiro atoms. The van der Waals surface area contributed by atoms with Crippen LogP contribution >= 0.6 is 0 Å². The molecule has 1 aliphatic rings. The molecule has 7 heteroatoms. The van der Waals surface area contributed by atoms with Gasteiger partial charge >= 0.3 is 0 Å². The zero-order valence-corrected chi connectivity index (χ0v) is 16.7. The molecule has 1 fully saturated rings. The van der Waals surface area contributed by atoms with E-state index in [0.29, 0.717) is 35.4 Å². The van der Waals surface area contributed by atoms with Crippen molar-refractivity contribution in [2.75, 3.05) is 6.54 Å². The largest absolute Gasteiger partial charge is 0.349 e. The molecule has 1 atom stereocenters. The smallest absolute Gasteiger partial charge is 0.244 e. The number of carbonyl (C=O) groups is 1. The number of hydrogen-bond donors (Lipinski definition) is 1. The van der Waals surface area contributed by atoms with Gasteiger partial charge in [0.15, 0.2) is 0 Å². The van der Waals surface area contributed by atoms with Crippen LogP contribution in [0.15, 0.2) is 41.4 Å². The number of aromatic nitrogens is 1. The fraction of sp³-hybridized carbons (Fsp3) is 0.400. The Kier molecular flexibility index (Phi) is 5.62. The van der Waals surface area contributed by atoms with Gasteiger partial charge in [0.25, 0.3) is 0 Å². The number of pyridine rings is 1. The van der Waals surface area contributed by atoms with Crippen LogP contribution in [-0.4, -0.2) is 36.2 Å². The molecule has 0 bridgehead atoms. The lowest BCUT2D eigenvalue weighted by molar-refractivity contribution is -0.124. The molecule has 0 aliphatic carbocycles. The summed E-state index contributed by atoms with van der Waals surface area (Å²) in [5.74, 6) is -0.274. The molecule has 6 nitrogen and oxygen atoms in total. The summed E-state index contributed by atoms with van der Waals surface area (Å²) in [6, 6.07) is 8.53. The Hall–Kier alpha value is -2.25. The number of amides is 1. The van der Waals surface area contributed by atoms with Crippen LogP contribution in [0.1, 0.15) is 35.2 Å². The first-order chi connectivity index (χ1) is 12.8. The van der Waals surface area contributed by atoms with Crippen LogP contribution in [0.3, 0.4) is 0 Å². The molecule has 1 aromatic heterocycles. The van der Waals surface area contributed by atoms with Crippen molar-refractivity contribution in [1.82, 2.24) is 14.6 Å². The van der Waals surface area contributed by atoms with E-state index in [1.807, 2.05) is 37.3 Å². The van der Waals surface area contributed by atoms with Crippen LogP contribution < -0.4 is 5.32 Å². The van der Waals surface area contributed by atoms with Gasteiger partial charge in [-0.1, -0.05) is 23.8 Å². The molecule has 144 valence electrons. The van der Waals surface area contributed by atoms with Crippen molar-refractivity contribution >= 4 is 15.9 Å². The van der Waals surface area contributed by atoms with Gasteiger partial charge in [0.2, 0.25) is 15.9 Å². The van der Waals surface area contributed by atoms with E-state index in [9.17, 15) is 13.2 Å². The summed E-state index contributed by atoms with van der Waals surface area (Å²) in [4.78, 5) is 17.2. The van der Waals surface area contributed by atoms with Gasteiger partial charge in [0.1, 0.15) is 6.04 Å². The van der Waals surface area contributed by atoms with Crippen molar-refractivity contribution in [2.45, 2.75) is 51.1 Å². The highest BCUT2D eigenvalue weighted by atomic mass is 32.2. The summed E-state index contributed by atoms with van der Waals surface area (Å²) in [7, 11) is -3.74. The van der Waals surface area contributed by atoms with E-state index in [1.54, 1.807) is 20.0 Å². The van der Waals surface area contributed by atoms with E-state index in [-0.39, 0.29) is 12.5 Å². The third kappa shape index (κ3) is 4.04. The molecule has 0 saturated carbocycles. The van der Waals surface area contributed by atoms with Gasteiger partial charge in [-0.3, -0.25) is 9.78 Å². The van der Waals surface area contributed by atoms with Gasteiger partial charge in [-0.2, -0.15) is 4.31 Å². The van der Waals surface area contributed by atoms with Gasteiger partial charge in [0.05, 0.1) is 17.1 Å². The van der Waals surface area contributed by atoms with Crippen molar-refractivity contribution in [3.63, 3.8) is 0 Å². The Morgan fingerprint density at radius 3 is 2.56 bits per heavy atom.